The minimum absolute atomic E-state index is 0.190. The van der Waals surface area contributed by atoms with Gasteiger partial charge in [-0.05, 0) is 49.7 Å². The molecule has 0 fully saturated rings. The summed E-state index contributed by atoms with van der Waals surface area (Å²) in [4.78, 5) is 25.9. The van der Waals surface area contributed by atoms with Crippen LogP contribution in [0.3, 0.4) is 0 Å². The maximum absolute atomic E-state index is 12.5. The molecular formula is C20H25N3O4S. The molecule has 0 heterocycles. The van der Waals surface area contributed by atoms with Crippen molar-refractivity contribution in [3.63, 3.8) is 0 Å². The Bertz CT molecular complexity index is 983. The Kier molecular flexibility index (Phi) is 6.45. The normalized spacial score (nSPS) is 11.0. The largest absolute Gasteiger partial charge is 0.345 e. The quantitative estimate of drug-likeness (QED) is 0.802. The minimum atomic E-state index is -3.69. The molecule has 1 N–H and O–H groups in total. The second-order valence-corrected chi connectivity index (χ2v) is 8.79. The van der Waals surface area contributed by atoms with Crippen LogP contribution in [0, 0.1) is 13.8 Å². The zero-order chi connectivity index (χ0) is 21.1. The first-order valence-electron chi connectivity index (χ1n) is 8.65. The van der Waals surface area contributed by atoms with Gasteiger partial charge in [0.2, 0.25) is 15.9 Å². The molecule has 0 radical (unpaired) electrons. The second kappa shape index (κ2) is 8.43. The number of aryl methyl sites for hydroxylation is 2. The van der Waals surface area contributed by atoms with Gasteiger partial charge in [-0.15, -0.1) is 0 Å². The smallest absolute Gasteiger partial charge is 0.253 e. The molecule has 0 aromatic heterocycles. The van der Waals surface area contributed by atoms with Gasteiger partial charge in [0.15, 0.2) is 0 Å². The summed E-state index contributed by atoms with van der Waals surface area (Å²) in [6, 6.07) is 11.7. The van der Waals surface area contributed by atoms with E-state index in [2.05, 4.69) is 5.32 Å². The molecule has 0 aliphatic heterocycles. The molecule has 2 rings (SSSR count). The highest BCUT2D eigenvalue weighted by Gasteiger charge is 2.21. The molecule has 0 spiro atoms. The topological polar surface area (TPSA) is 86.8 Å². The van der Waals surface area contributed by atoms with Crippen LogP contribution in [0.25, 0.3) is 0 Å². The fraction of sp³-hybridized carbons (Fsp3) is 0.300. The van der Waals surface area contributed by atoms with Crippen molar-refractivity contribution in [2.75, 3.05) is 36.5 Å². The number of benzene rings is 2. The van der Waals surface area contributed by atoms with Gasteiger partial charge in [-0.3, -0.25) is 13.9 Å². The number of nitrogens with zero attached hydrogens (tertiary/aromatic N) is 2. The molecule has 7 nitrogen and oxygen atoms in total. The summed E-state index contributed by atoms with van der Waals surface area (Å²) in [6.45, 7) is 3.46. The van der Waals surface area contributed by atoms with E-state index < -0.39 is 15.9 Å². The van der Waals surface area contributed by atoms with Gasteiger partial charge >= 0.3 is 0 Å². The number of rotatable bonds is 6. The monoisotopic (exact) mass is 403 g/mol. The number of carbonyl (C=O) groups is 2. The van der Waals surface area contributed by atoms with E-state index in [-0.39, 0.29) is 12.5 Å². The summed E-state index contributed by atoms with van der Waals surface area (Å²) in [5, 5.41) is 2.75. The number of carbonyl (C=O) groups excluding carboxylic acids is 2. The summed E-state index contributed by atoms with van der Waals surface area (Å²) in [5.74, 6) is -0.643. The van der Waals surface area contributed by atoms with Crippen LogP contribution >= 0.6 is 0 Å². The van der Waals surface area contributed by atoms with Gasteiger partial charge in [-0.2, -0.15) is 0 Å². The van der Waals surface area contributed by atoms with Crippen molar-refractivity contribution < 1.29 is 18.0 Å². The maximum atomic E-state index is 12.5. The number of amides is 2. The van der Waals surface area contributed by atoms with Crippen LogP contribution in [0.4, 0.5) is 11.4 Å². The van der Waals surface area contributed by atoms with Crippen LogP contribution in [-0.4, -0.2) is 52.0 Å². The van der Waals surface area contributed by atoms with Gasteiger partial charge in [0, 0.05) is 25.3 Å². The van der Waals surface area contributed by atoms with E-state index in [9.17, 15) is 18.0 Å². The fourth-order valence-corrected chi connectivity index (χ4v) is 3.56. The van der Waals surface area contributed by atoms with Gasteiger partial charge in [0.05, 0.1) is 11.9 Å². The summed E-state index contributed by atoms with van der Waals surface area (Å²) >= 11 is 0. The van der Waals surface area contributed by atoms with Gasteiger partial charge < -0.3 is 10.2 Å². The lowest BCUT2D eigenvalue weighted by atomic mass is 10.1. The van der Waals surface area contributed by atoms with E-state index in [0.29, 0.717) is 16.9 Å². The number of hydrogen-bond acceptors (Lipinski definition) is 4. The zero-order valence-corrected chi connectivity index (χ0v) is 17.5. The first-order valence-corrected chi connectivity index (χ1v) is 10.5. The average Bonchev–Trinajstić information content (AvgIpc) is 2.60. The molecule has 0 aliphatic carbocycles. The van der Waals surface area contributed by atoms with Crippen molar-refractivity contribution in [1.29, 1.82) is 0 Å². The second-order valence-electron chi connectivity index (χ2n) is 6.88. The van der Waals surface area contributed by atoms with Gasteiger partial charge in [0.1, 0.15) is 6.54 Å². The predicted molar refractivity (Wildman–Crippen MR) is 111 cm³/mol. The van der Waals surface area contributed by atoms with Crippen molar-refractivity contribution in [3.05, 3.63) is 59.2 Å². The predicted octanol–water partition coefficient (Wildman–Crippen LogP) is 2.41. The van der Waals surface area contributed by atoms with Crippen molar-refractivity contribution in [3.8, 4) is 0 Å². The number of sulfonamides is 1. The van der Waals surface area contributed by atoms with Crippen molar-refractivity contribution in [2.45, 2.75) is 13.8 Å². The Labute approximate surface area is 166 Å². The molecule has 8 heteroatoms. The lowest BCUT2D eigenvalue weighted by Crippen LogP contribution is -2.37. The Morgan fingerprint density at radius 2 is 1.61 bits per heavy atom. The Balaban J connectivity index is 2.22. The van der Waals surface area contributed by atoms with Crippen LogP contribution in [0.15, 0.2) is 42.5 Å². The number of hydrogen-bond donors (Lipinski definition) is 1. The maximum Gasteiger partial charge on any atom is 0.253 e. The molecule has 150 valence electrons. The van der Waals surface area contributed by atoms with E-state index in [1.807, 2.05) is 26.0 Å². The first-order chi connectivity index (χ1) is 13.0. The van der Waals surface area contributed by atoms with Crippen molar-refractivity contribution >= 4 is 33.2 Å². The third-order valence-corrected chi connectivity index (χ3v) is 5.29. The van der Waals surface area contributed by atoms with Gasteiger partial charge in [-0.1, -0.05) is 17.7 Å². The Morgan fingerprint density at radius 1 is 1.00 bits per heavy atom. The summed E-state index contributed by atoms with van der Waals surface area (Å²) in [5.41, 5.74) is 3.35. The third kappa shape index (κ3) is 5.32. The van der Waals surface area contributed by atoms with Crippen LogP contribution in [0.1, 0.15) is 21.5 Å². The molecule has 2 amide bonds. The van der Waals surface area contributed by atoms with E-state index in [4.69, 9.17) is 0 Å². The molecule has 0 unspecified atom stereocenters. The average molecular weight is 404 g/mol. The summed E-state index contributed by atoms with van der Waals surface area (Å²) in [7, 11) is -0.424. The first kappa shape index (κ1) is 21.4. The summed E-state index contributed by atoms with van der Waals surface area (Å²) in [6.07, 6.45) is 1.04. The highest BCUT2D eigenvalue weighted by molar-refractivity contribution is 7.92. The minimum Gasteiger partial charge on any atom is -0.345 e. The molecule has 0 saturated carbocycles. The van der Waals surface area contributed by atoms with E-state index >= 15 is 0 Å². The summed E-state index contributed by atoms with van der Waals surface area (Å²) < 4.78 is 25.5. The standard InChI is InChI=1S/C20H25N3O4S/c1-14-6-11-18(15(2)12-14)21-19(24)13-23(28(5,26)27)17-9-7-16(8-10-17)20(25)22(3)4/h6-12H,13H2,1-5H3,(H,21,24). The lowest BCUT2D eigenvalue weighted by molar-refractivity contribution is -0.114. The molecule has 0 saturated heterocycles. The highest BCUT2D eigenvalue weighted by atomic mass is 32.2. The molecule has 28 heavy (non-hydrogen) atoms. The third-order valence-electron chi connectivity index (χ3n) is 4.15. The van der Waals surface area contributed by atoms with E-state index in [0.717, 1.165) is 21.7 Å². The van der Waals surface area contributed by atoms with Crippen LogP contribution in [0.2, 0.25) is 0 Å². The lowest BCUT2D eigenvalue weighted by Gasteiger charge is -2.22. The highest BCUT2D eigenvalue weighted by Crippen LogP contribution is 2.20. The van der Waals surface area contributed by atoms with E-state index in [1.54, 1.807) is 20.2 Å². The molecular weight excluding hydrogens is 378 g/mol. The number of nitrogens with one attached hydrogen (secondary N) is 1. The zero-order valence-electron chi connectivity index (χ0n) is 16.7. The van der Waals surface area contributed by atoms with Gasteiger partial charge in [-0.25, -0.2) is 8.42 Å². The molecule has 0 atom stereocenters. The number of anilines is 2. The molecule has 2 aromatic rings. The molecule has 0 bridgehead atoms. The fourth-order valence-electron chi connectivity index (χ4n) is 2.70. The Hall–Kier alpha value is -2.87. The SMILES string of the molecule is Cc1ccc(NC(=O)CN(c2ccc(C(=O)N(C)C)cc2)S(C)(=O)=O)c(C)c1. The van der Waals surface area contributed by atoms with Gasteiger partial charge in [0.25, 0.3) is 5.91 Å². The van der Waals surface area contributed by atoms with Crippen LogP contribution in [-0.2, 0) is 14.8 Å². The molecule has 0 aliphatic rings. The van der Waals surface area contributed by atoms with Crippen LogP contribution in [0.5, 0.6) is 0 Å². The molecule has 2 aromatic carbocycles. The van der Waals surface area contributed by atoms with Crippen molar-refractivity contribution in [1.82, 2.24) is 4.90 Å². The van der Waals surface area contributed by atoms with Crippen molar-refractivity contribution in [2.24, 2.45) is 0 Å². The Morgan fingerprint density at radius 3 is 2.11 bits per heavy atom. The van der Waals surface area contributed by atoms with E-state index in [1.165, 1.54) is 29.2 Å². The van der Waals surface area contributed by atoms with Crippen LogP contribution < -0.4 is 9.62 Å².